The summed E-state index contributed by atoms with van der Waals surface area (Å²) in [6.45, 7) is -0.205. The molecule has 0 aliphatic heterocycles. The van der Waals surface area contributed by atoms with E-state index in [1.54, 1.807) is 0 Å². The predicted molar refractivity (Wildman–Crippen MR) is 79.2 cm³/mol. The Bertz CT molecular complexity index is 787. The minimum Gasteiger partial charge on any atom is -0.465 e. The van der Waals surface area contributed by atoms with Gasteiger partial charge in [0, 0.05) is 4.91 Å². The number of halogens is 3. The summed E-state index contributed by atoms with van der Waals surface area (Å²) < 4.78 is 26.8. The lowest BCUT2D eigenvalue weighted by Crippen LogP contribution is -2.28. The van der Waals surface area contributed by atoms with Crippen LogP contribution in [0.5, 0.6) is 0 Å². The number of alkyl halides is 2. The van der Waals surface area contributed by atoms with Crippen LogP contribution in [0.3, 0.4) is 0 Å². The number of hydrogen-bond acceptors (Lipinski definition) is 4. The van der Waals surface area contributed by atoms with E-state index >= 15 is 0 Å². The van der Waals surface area contributed by atoms with E-state index in [1.807, 2.05) is 0 Å². The lowest BCUT2D eigenvalue weighted by Gasteiger charge is -2.17. The van der Waals surface area contributed by atoms with Crippen LogP contribution in [0.15, 0.2) is 29.6 Å². The first-order chi connectivity index (χ1) is 11.4. The van der Waals surface area contributed by atoms with Crippen LogP contribution in [-0.4, -0.2) is 32.5 Å². The maximum Gasteiger partial charge on any atom is 0.405 e. The van der Waals surface area contributed by atoms with Crippen molar-refractivity contribution in [3.63, 3.8) is 0 Å². The third-order valence-corrected chi connectivity index (χ3v) is 3.31. The van der Waals surface area contributed by atoms with E-state index in [4.69, 9.17) is 22.2 Å². The van der Waals surface area contributed by atoms with Gasteiger partial charge in [-0.15, -0.1) is 0 Å². The molecular formula is C12H10ClF2N7O2. The number of rotatable bonds is 6. The van der Waals surface area contributed by atoms with E-state index in [1.165, 1.54) is 18.2 Å². The van der Waals surface area contributed by atoms with Crippen molar-refractivity contribution in [2.24, 2.45) is 5.11 Å². The summed E-state index contributed by atoms with van der Waals surface area (Å²) >= 11 is 6.03. The van der Waals surface area contributed by atoms with Crippen LogP contribution in [0.25, 0.3) is 16.1 Å². The molecule has 0 radical (unpaired) electrons. The van der Waals surface area contributed by atoms with Crippen LogP contribution in [0.4, 0.5) is 13.6 Å². The molecule has 1 aromatic heterocycles. The largest absolute Gasteiger partial charge is 0.465 e. The Kier molecular flexibility index (Phi) is 5.51. The van der Waals surface area contributed by atoms with E-state index in [0.717, 1.165) is 11.0 Å². The van der Waals surface area contributed by atoms with Crippen LogP contribution >= 0.6 is 11.6 Å². The number of aromatic nitrogens is 3. The van der Waals surface area contributed by atoms with Crippen LogP contribution in [0.1, 0.15) is 23.9 Å². The van der Waals surface area contributed by atoms with Crippen LogP contribution in [0, 0.1) is 0 Å². The van der Waals surface area contributed by atoms with Gasteiger partial charge in [-0.3, -0.25) is 0 Å². The first-order valence-corrected chi connectivity index (χ1v) is 6.80. The van der Waals surface area contributed by atoms with Crippen LogP contribution in [0.2, 0.25) is 5.02 Å². The highest BCUT2D eigenvalue weighted by Gasteiger charge is 2.20. The number of nitrogens with zero attached hydrogens (tertiary/aromatic N) is 6. The minimum atomic E-state index is -2.87. The van der Waals surface area contributed by atoms with Gasteiger partial charge in [-0.25, -0.2) is 23.2 Å². The van der Waals surface area contributed by atoms with Crippen molar-refractivity contribution < 1.29 is 18.7 Å². The molecule has 0 aliphatic carbocycles. The highest BCUT2D eigenvalue weighted by atomic mass is 35.5. The topological polar surface area (TPSA) is 129 Å². The summed E-state index contributed by atoms with van der Waals surface area (Å²) in [5, 5.41) is 18.2. The summed E-state index contributed by atoms with van der Waals surface area (Å²) in [5.41, 5.74) is 8.86. The van der Waals surface area contributed by atoms with Crippen LogP contribution < -0.4 is 5.32 Å². The van der Waals surface area contributed by atoms with Gasteiger partial charge in [-0.05, 0) is 23.2 Å². The van der Waals surface area contributed by atoms with Crippen molar-refractivity contribution in [1.29, 1.82) is 0 Å². The summed E-state index contributed by atoms with van der Waals surface area (Å²) in [7, 11) is 0. The zero-order valence-electron chi connectivity index (χ0n) is 11.8. The summed E-state index contributed by atoms with van der Waals surface area (Å²) in [6.07, 6.45) is -3.25. The smallest absolute Gasteiger partial charge is 0.405 e. The second kappa shape index (κ2) is 7.57. The lowest BCUT2D eigenvalue weighted by atomic mass is 10.1. The number of amides is 1. The second-order valence-electron chi connectivity index (χ2n) is 4.46. The highest BCUT2D eigenvalue weighted by molar-refractivity contribution is 6.32. The van der Waals surface area contributed by atoms with Crippen molar-refractivity contribution in [3.05, 3.63) is 51.4 Å². The molecule has 0 saturated heterocycles. The Morgan fingerprint density at radius 2 is 2.29 bits per heavy atom. The third-order valence-electron chi connectivity index (χ3n) is 3.00. The number of benzene rings is 1. The van der Waals surface area contributed by atoms with Gasteiger partial charge < -0.3 is 10.4 Å². The number of azide groups is 1. The number of carboxylic acid groups (broad SMARTS) is 1. The van der Waals surface area contributed by atoms with Crippen molar-refractivity contribution in [3.8, 4) is 5.69 Å². The van der Waals surface area contributed by atoms with Gasteiger partial charge in [0.2, 0.25) is 0 Å². The normalized spacial score (nSPS) is 11.8. The fourth-order valence-electron chi connectivity index (χ4n) is 2.00. The highest BCUT2D eigenvalue weighted by Crippen LogP contribution is 2.28. The predicted octanol–water partition coefficient (Wildman–Crippen LogP) is 3.48. The second-order valence-corrected chi connectivity index (χ2v) is 4.86. The number of carbonyl (C=O) groups is 1. The Labute approximate surface area is 138 Å². The molecule has 1 amide bonds. The first-order valence-electron chi connectivity index (χ1n) is 6.42. The zero-order chi connectivity index (χ0) is 17.7. The molecule has 12 heteroatoms. The zero-order valence-corrected chi connectivity index (χ0v) is 12.6. The average Bonchev–Trinajstić information content (AvgIpc) is 3.01. The molecule has 1 unspecified atom stereocenters. The average molecular weight is 358 g/mol. The molecule has 1 aromatic carbocycles. The quantitative estimate of drug-likeness (QED) is 0.465. The fourth-order valence-corrected chi connectivity index (χ4v) is 2.19. The fraction of sp³-hybridized carbons (Fsp3) is 0.250. The van der Waals surface area contributed by atoms with Gasteiger partial charge >= 0.3 is 6.09 Å². The molecule has 0 bridgehead atoms. The summed E-state index contributed by atoms with van der Waals surface area (Å²) in [6, 6.07) is 3.37. The molecule has 0 fully saturated rings. The van der Waals surface area contributed by atoms with Crippen molar-refractivity contribution in [2.75, 3.05) is 6.54 Å². The van der Waals surface area contributed by atoms with Crippen molar-refractivity contribution in [1.82, 2.24) is 20.1 Å². The van der Waals surface area contributed by atoms with Gasteiger partial charge in [0.05, 0.1) is 23.3 Å². The van der Waals surface area contributed by atoms with E-state index in [9.17, 15) is 13.6 Å². The van der Waals surface area contributed by atoms with Crippen molar-refractivity contribution in [2.45, 2.75) is 12.5 Å². The summed E-state index contributed by atoms with van der Waals surface area (Å²) in [5.74, 6) is -0.605. The Morgan fingerprint density at radius 1 is 1.54 bits per heavy atom. The monoisotopic (exact) mass is 357 g/mol. The number of nitrogens with one attached hydrogen (secondary N) is 1. The molecule has 0 saturated carbocycles. The molecule has 0 spiro atoms. The molecule has 1 atom stereocenters. The first kappa shape index (κ1) is 17.4. The molecular weight excluding hydrogens is 348 g/mol. The molecule has 24 heavy (non-hydrogen) atoms. The van der Waals surface area contributed by atoms with E-state index < -0.39 is 24.4 Å². The molecule has 9 nitrogen and oxygen atoms in total. The van der Waals surface area contributed by atoms with Gasteiger partial charge in [-0.1, -0.05) is 22.8 Å². The van der Waals surface area contributed by atoms with E-state index in [2.05, 4.69) is 25.4 Å². The Morgan fingerprint density at radius 3 is 2.92 bits per heavy atom. The standard InChI is InChI=1S/C12H10ClF2N7O2/c13-7-2-1-6(8(4-18-21-16)20-12(23)24)3-9(7)22-11(10(14)15)17-5-19-22/h1-3,5,8,10,20H,4H2,(H,23,24). The van der Waals surface area contributed by atoms with Crippen LogP contribution in [-0.2, 0) is 0 Å². The van der Waals surface area contributed by atoms with E-state index in [-0.39, 0.29) is 17.3 Å². The van der Waals surface area contributed by atoms with E-state index in [0.29, 0.717) is 5.56 Å². The minimum absolute atomic E-state index is 0.0973. The summed E-state index contributed by atoms with van der Waals surface area (Å²) in [4.78, 5) is 16.9. The maximum absolute atomic E-state index is 13.0. The molecule has 0 aliphatic rings. The molecule has 2 aromatic rings. The molecule has 1 heterocycles. The third kappa shape index (κ3) is 3.89. The molecule has 126 valence electrons. The Balaban J connectivity index is 2.48. The van der Waals surface area contributed by atoms with Gasteiger partial charge in [0.1, 0.15) is 6.33 Å². The van der Waals surface area contributed by atoms with Gasteiger partial charge in [0.15, 0.2) is 5.82 Å². The molecule has 2 rings (SSSR count). The maximum atomic E-state index is 13.0. The SMILES string of the molecule is [N-]=[N+]=NCC(NC(=O)O)c1ccc(Cl)c(-n2ncnc2C(F)F)c1. The molecule has 2 N–H and O–H groups in total. The van der Waals surface area contributed by atoms with Crippen molar-refractivity contribution >= 4 is 17.7 Å². The van der Waals surface area contributed by atoms with Gasteiger partial charge in [-0.2, -0.15) is 5.10 Å². The lowest BCUT2D eigenvalue weighted by molar-refractivity contribution is 0.137. The number of hydrogen-bond donors (Lipinski definition) is 2. The Hall–Kier alpha value is -2.91. The van der Waals surface area contributed by atoms with Gasteiger partial charge in [0.25, 0.3) is 6.43 Å².